The smallest absolute Gasteiger partial charge is 0.534 e. The molecule has 1 aliphatic rings. The summed E-state index contributed by atoms with van der Waals surface area (Å²) in [7, 11) is -0.688. The summed E-state index contributed by atoms with van der Waals surface area (Å²) < 4.78 is 12.1. The van der Waals surface area contributed by atoms with Crippen LogP contribution >= 0.6 is 0 Å². The first-order valence-corrected chi connectivity index (χ1v) is 11.3. The van der Waals surface area contributed by atoms with Gasteiger partial charge in [0, 0.05) is 31.2 Å². The zero-order valence-corrected chi connectivity index (χ0v) is 20.0. The second-order valence-electron chi connectivity index (χ2n) is 8.52. The number of carboxylic acid groups (broad SMARTS) is 1. The summed E-state index contributed by atoms with van der Waals surface area (Å²) in [5.41, 5.74) is 1.56. The number of amidine groups is 1. The Morgan fingerprint density at radius 2 is 2.24 bits per heavy atom. The molecule has 1 aliphatic heterocycles. The van der Waals surface area contributed by atoms with Gasteiger partial charge in [0.2, 0.25) is 0 Å². The molecule has 1 heterocycles. The maximum Gasteiger partial charge on any atom is 0.534 e. The van der Waals surface area contributed by atoms with Gasteiger partial charge >= 0.3 is 13.1 Å². The van der Waals surface area contributed by atoms with Gasteiger partial charge in [0.1, 0.15) is 11.6 Å². The maximum absolute atomic E-state index is 11.7. The van der Waals surface area contributed by atoms with Crippen LogP contribution in [0.5, 0.6) is 5.75 Å². The Morgan fingerprint density at radius 3 is 2.85 bits per heavy atom. The lowest BCUT2D eigenvalue weighted by Gasteiger charge is -2.34. The number of hydrazine groups is 1. The molecule has 0 bridgehead atoms. The van der Waals surface area contributed by atoms with Gasteiger partial charge in [-0.1, -0.05) is 52.6 Å². The number of hydrogen-bond acceptors (Lipinski definition) is 8. The highest BCUT2D eigenvalue weighted by atomic mass is 16.6. The molecule has 1 aromatic carbocycles. The molecular weight excluding hydrogens is 422 g/mol. The second kappa shape index (κ2) is 12.5. The van der Waals surface area contributed by atoms with Crippen LogP contribution in [0.1, 0.15) is 43.1 Å². The lowest BCUT2D eigenvalue weighted by atomic mass is 9.61. The summed E-state index contributed by atoms with van der Waals surface area (Å²) in [5.74, 6) is 11.2. The fraction of sp³-hybridized carbons (Fsp3) is 0.524. The molecule has 2 rings (SSSR count). The lowest BCUT2D eigenvalue weighted by Crippen LogP contribution is -2.54. The van der Waals surface area contributed by atoms with Gasteiger partial charge in [-0.3, -0.25) is 5.01 Å². The van der Waals surface area contributed by atoms with Crippen molar-refractivity contribution in [1.82, 2.24) is 15.6 Å². The number of hydrazone groups is 1. The molecule has 1 unspecified atom stereocenters. The Bertz CT molecular complexity index is 854. The minimum Gasteiger partial charge on any atom is -0.535 e. The van der Waals surface area contributed by atoms with Crippen molar-refractivity contribution >= 4 is 25.8 Å². The van der Waals surface area contributed by atoms with E-state index in [2.05, 4.69) is 36.2 Å². The highest BCUT2D eigenvalue weighted by Crippen LogP contribution is 2.31. The minimum atomic E-state index is -1.04. The van der Waals surface area contributed by atoms with Crippen molar-refractivity contribution in [3.8, 4) is 5.75 Å². The molecule has 1 aromatic rings. The number of nitrogens with two attached hydrogens (primary N) is 2. The summed E-state index contributed by atoms with van der Waals surface area (Å²) in [6.45, 7) is 13.4. The van der Waals surface area contributed by atoms with Crippen molar-refractivity contribution in [3.05, 3.63) is 41.6 Å². The van der Waals surface area contributed by atoms with Crippen molar-refractivity contribution in [2.75, 3.05) is 13.1 Å². The van der Waals surface area contributed by atoms with E-state index in [1.54, 1.807) is 6.07 Å². The molecule has 0 saturated heterocycles. The Kier molecular flexibility index (Phi) is 10.1. The van der Waals surface area contributed by atoms with Crippen LogP contribution in [0.25, 0.3) is 0 Å². The van der Waals surface area contributed by atoms with Crippen LogP contribution in [0.3, 0.4) is 0 Å². The van der Waals surface area contributed by atoms with Crippen molar-refractivity contribution in [3.63, 3.8) is 0 Å². The van der Waals surface area contributed by atoms with Crippen LogP contribution in [0.15, 0.2) is 35.6 Å². The third-order valence-corrected chi connectivity index (χ3v) is 5.42. The standard InChI is InChI=1S/C21H36B2N6O4/c1-6-22(5)33-23-18(13-16-8-7-9-17(21(30)31)20(16)32-23)27-15(4)12-19(28-24)29(25)11-10-26-14(2)3/h7-9,14,18,26-27H,4,6,10-13,24-25H2,1-3,5H3,(H,30,31)/b28-19-. The van der Waals surface area contributed by atoms with E-state index < -0.39 is 13.1 Å². The Morgan fingerprint density at radius 1 is 1.52 bits per heavy atom. The molecule has 0 radical (unpaired) electrons. The Labute approximate surface area is 197 Å². The van der Waals surface area contributed by atoms with Crippen LogP contribution in [-0.4, -0.2) is 61.0 Å². The molecule has 0 aromatic heterocycles. The summed E-state index contributed by atoms with van der Waals surface area (Å²) in [4.78, 5) is 11.7. The summed E-state index contributed by atoms with van der Waals surface area (Å²) in [6.07, 6.45) is 1.62. The Balaban J connectivity index is 2.11. The van der Waals surface area contributed by atoms with Crippen molar-refractivity contribution in [2.24, 2.45) is 16.8 Å². The topological polar surface area (TPSA) is 147 Å². The Hall–Kier alpha value is -2.69. The van der Waals surface area contributed by atoms with Crippen LogP contribution in [-0.2, 0) is 11.0 Å². The van der Waals surface area contributed by atoms with Gasteiger partial charge in [-0.2, -0.15) is 5.10 Å². The van der Waals surface area contributed by atoms with E-state index in [4.69, 9.17) is 20.9 Å². The van der Waals surface area contributed by atoms with Crippen LogP contribution in [0.2, 0.25) is 13.1 Å². The van der Waals surface area contributed by atoms with Crippen LogP contribution in [0.4, 0.5) is 0 Å². The first kappa shape index (κ1) is 26.6. The first-order valence-electron chi connectivity index (χ1n) is 11.3. The average Bonchev–Trinajstić information content (AvgIpc) is 2.76. The summed E-state index contributed by atoms with van der Waals surface area (Å²) >= 11 is 0. The number of hydrogen-bond donors (Lipinski definition) is 5. The number of nitrogens with zero attached hydrogens (tertiary/aromatic N) is 2. The normalized spacial score (nSPS) is 15.6. The molecular formula is C21H36B2N6O4. The number of carboxylic acids is 1. The lowest BCUT2D eigenvalue weighted by molar-refractivity contribution is 0.0694. The molecule has 0 aliphatic carbocycles. The van der Waals surface area contributed by atoms with Crippen molar-refractivity contribution < 1.29 is 19.1 Å². The molecule has 10 nitrogen and oxygen atoms in total. The monoisotopic (exact) mass is 458 g/mol. The third-order valence-electron chi connectivity index (χ3n) is 5.42. The molecule has 33 heavy (non-hydrogen) atoms. The molecule has 0 fully saturated rings. The molecule has 12 heteroatoms. The van der Waals surface area contributed by atoms with Crippen molar-refractivity contribution in [2.45, 2.75) is 58.7 Å². The molecule has 1 atom stereocenters. The molecule has 180 valence electrons. The highest BCUT2D eigenvalue weighted by molar-refractivity contribution is 6.63. The van der Waals surface area contributed by atoms with Gasteiger partial charge in [0.25, 0.3) is 6.92 Å². The quantitative estimate of drug-likeness (QED) is 0.103. The van der Waals surface area contributed by atoms with Crippen LogP contribution in [0, 0.1) is 0 Å². The van der Waals surface area contributed by atoms with E-state index in [0.717, 1.165) is 11.9 Å². The summed E-state index contributed by atoms with van der Waals surface area (Å²) in [5, 5.41) is 21.5. The predicted octanol–water partition coefficient (Wildman–Crippen LogP) is 1.31. The van der Waals surface area contributed by atoms with Crippen LogP contribution < -0.4 is 27.0 Å². The molecule has 7 N–H and O–H groups in total. The fourth-order valence-electron chi connectivity index (χ4n) is 3.48. The molecule has 0 amide bonds. The molecule has 0 saturated carbocycles. The number of aromatic carboxylic acids is 1. The van der Waals surface area contributed by atoms with E-state index >= 15 is 0 Å². The van der Waals surface area contributed by atoms with Gasteiger partial charge in [0.15, 0.2) is 0 Å². The number of para-hydroxylation sites is 1. The number of rotatable bonds is 12. The largest absolute Gasteiger partial charge is 0.535 e. The van der Waals surface area contributed by atoms with Gasteiger partial charge in [0.05, 0.1) is 11.5 Å². The number of benzene rings is 1. The summed E-state index contributed by atoms with van der Waals surface area (Å²) in [6, 6.07) is 5.45. The SMILES string of the molecule is C=C(C/C(=N/N)N(N)CCNC(C)C)NC1Cc2cccc(C(=O)O)c2OB1OB(C)CC. The van der Waals surface area contributed by atoms with Gasteiger partial charge in [-0.05, 0) is 18.1 Å². The third kappa shape index (κ3) is 7.69. The minimum absolute atomic E-state index is 0.0692. The zero-order chi connectivity index (χ0) is 24.5. The van der Waals surface area contributed by atoms with Gasteiger partial charge in [-0.15, -0.1) is 0 Å². The van der Waals surface area contributed by atoms with E-state index in [0.29, 0.717) is 49.3 Å². The predicted molar refractivity (Wildman–Crippen MR) is 133 cm³/mol. The van der Waals surface area contributed by atoms with E-state index in [-0.39, 0.29) is 18.4 Å². The number of carbonyl (C=O) groups is 1. The average molecular weight is 458 g/mol. The highest BCUT2D eigenvalue weighted by Gasteiger charge is 2.40. The van der Waals surface area contributed by atoms with Gasteiger partial charge < -0.3 is 30.8 Å². The fourth-order valence-corrected chi connectivity index (χ4v) is 3.48. The van der Waals surface area contributed by atoms with Crippen molar-refractivity contribution in [1.29, 1.82) is 0 Å². The second-order valence-corrected chi connectivity index (χ2v) is 8.52. The number of fused-ring (bicyclic) bond motifs is 1. The first-order chi connectivity index (χ1) is 15.7. The van der Waals surface area contributed by atoms with E-state index in [1.807, 2.05) is 19.8 Å². The molecule has 0 spiro atoms. The van der Waals surface area contributed by atoms with E-state index in [9.17, 15) is 9.90 Å². The maximum atomic E-state index is 11.7. The van der Waals surface area contributed by atoms with E-state index in [1.165, 1.54) is 11.1 Å². The number of nitrogens with one attached hydrogen (secondary N) is 2. The zero-order valence-electron chi connectivity index (χ0n) is 20.0. The van der Waals surface area contributed by atoms with Gasteiger partial charge in [-0.25, -0.2) is 10.6 Å².